The number of rotatable bonds is 7. The zero-order chi connectivity index (χ0) is 15.8. The number of benzene rings is 1. The van der Waals surface area contributed by atoms with Gasteiger partial charge in [-0.05, 0) is 24.6 Å². The predicted octanol–water partition coefficient (Wildman–Crippen LogP) is 1.47. The molecule has 2 amide bonds. The lowest BCUT2D eigenvalue weighted by Gasteiger charge is -2.13. The molecule has 0 fully saturated rings. The number of carboxylic acid groups (broad SMARTS) is 1. The van der Waals surface area contributed by atoms with Crippen molar-refractivity contribution in [2.24, 2.45) is 0 Å². The van der Waals surface area contributed by atoms with Gasteiger partial charge in [-0.25, -0.2) is 0 Å². The van der Waals surface area contributed by atoms with Gasteiger partial charge in [0.1, 0.15) is 6.04 Å². The lowest BCUT2D eigenvalue weighted by molar-refractivity contribution is -0.134. The van der Waals surface area contributed by atoms with Crippen molar-refractivity contribution in [3.63, 3.8) is 0 Å². The van der Waals surface area contributed by atoms with Gasteiger partial charge in [-0.2, -0.15) is 0 Å². The molecule has 1 aromatic carbocycles. The maximum absolute atomic E-state index is 11.9. The summed E-state index contributed by atoms with van der Waals surface area (Å²) in [4.78, 5) is 33.2. The van der Waals surface area contributed by atoms with Crippen LogP contribution in [0.3, 0.4) is 0 Å². The number of thioether (sulfide) groups is 1. The Labute approximate surface area is 127 Å². The van der Waals surface area contributed by atoms with Crippen LogP contribution >= 0.6 is 11.8 Å². The number of carbonyl (C=O) groups is 3. The highest BCUT2D eigenvalue weighted by Crippen LogP contribution is 2.16. The monoisotopic (exact) mass is 310 g/mol. The van der Waals surface area contributed by atoms with E-state index in [0.717, 1.165) is 5.56 Å². The molecule has 0 saturated carbocycles. The minimum absolute atomic E-state index is 0.0378. The van der Waals surface area contributed by atoms with Crippen LogP contribution in [0, 0.1) is 0 Å². The smallest absolute Gasteiger partial charge is 0.313 e. The number of nitrogens with one attached hydrogen (secondary N) is 2. The lowest BCUT2D eigenvalue weighted by Crippen LogP contribution is -2.40. The van der Waals surface area contributed by atoms with E-state index in [4.69, 9.17) is 5.11 Å². The summed E-state index contributed by atoms with van der Waals surface area (Å²) in [6, 6.07) is 6.56. The second-order valence-corrected chi connectivity index (χ2v) is 5.48. The second-order valence-electron chi connectivity index (χ2n) is 4.50. The summed E-state index contributed by atoms with van der Waals surface area (Å²) in [5, 5.41) is 13.8. The number of amides is 2. The fourth-order valence-corrected chi connectivity index (χ4v) is 2.31. The molecule has 0 aliphatic heterocycles. The molecule has 114 valence electrons. The molecule has 0 aliphatic rings. The number of hydrogen-bond donors (Lipinski definition) is 3. The van der Waals surface area contributed by atoms with E-state index in [0.29, 0.717) is 11.4 Å². The number of aliphatic carboxylic acids is 1. The Morgan fingerprint density at radius 2 is 2.05 bits per heavy atom. The standard InChI is InChI=1S/C14H18N2O4S/c1-9(15-10(2)17)14(20)16-12-5-3-4-11(6-12)7-21-8-13(18)19/h3-6,9H,7-8H2,1-2H3,(H,15,17)(H,16,20)(H,18,19). The average molecular weight is 310 g/mol. The lowest BCUT2D eigenvalue weighted by atomic mass is 10.2. The minimum atomic E-state index is -0.853. The number of anilines is 1. The Balaban J connectivity index is 2.57. The fraction of sp³-hybridized carbons (Fsp3) is 0.357. The van der Waals surface area contributed by atoms with E-state index < -0.39 is 12.0 Å². The third-order valence-corrected chi connectivity index (χ3v) is 3.49. The van der Waals surface area contributed by atoms with E-state index in [9.17, 15) is 14.4 Å². The van der Waals surface area contributed by atoms with E-state index in [1.807, 2.05) is 6.07 Å². The zero-order valence-corrected chi connectivity index (χ0v) is 12.7. The molecule has 7 heteroatoms. The van der Waals surface area contributed by atoms with Gasteiger partial charge >= 0.3 is 5.97 Å². The van der Waals surface area contributed by atoms with Gasteiger partial charge in [0.05, 0.1) is 5.75 Å². The third-order valence-electron chi connectivity index (χ3n) is 2.50. The molecule has 0 spiro atoms. The van der Waals surface area contributed by atoms with Crippen molar-refractivity contribution in [1.29, 1.82) is 0 Å². The largest absolute Gasteiger partial charge is 0.481 e. The molecular formula is C14H18N2O4S. The summed E-state index contributed by atoms with van der Waals surface area (Å²) in [5.41, 5.74) is 1.54. The van der Waals surface area contributed by atoms with Gasteiger partial charge in [0.15, 0.2) is 0 Å². The Morgan fingerprint density at radius 1 is 1.33 bits per heavy atom. The molecule has 0 aliphatic carbocycles. The topological polar surface area (TPSA) is 95.5 Å². The molecule has 3 N–H and O–H groups in total. The van der Waals surface area contributed by atoms with Gasteiger partial charge in [0.2, 0.25) is 11.8 Å². The van der Waals surface area contributed by atoms with Crippen LogP contribution in [-0.2, 0) is 20.1 Å². The van der Waals surface area contributed by atoms with Crippen LogP contribution in [0.4, 0.5) is 5.69 Å². The molecule has 0 saturated heterocycles. The minimum Gasteiger partial charge on any atom is -0.481 e. The second kappa shape index (κ2) is 8.31. The summed E-state index contributed by atoms with van der Waals surface area (Å²) in [7, 11) is 0. The van der Waals surface area contributed by atoms with Gasteiger partial charge in [-0.1, -0.05) is 12.1 Å². The van der Waals surface area contributed by atoms with Gasteiger partial charge in [-0.15, -0.1) is 11.8 Å². The molecule has 1 aromatic rings. The first-order valence-electron chi connectivity index (χ1n) is 6.35. The molecule has 0 radical (unpaired) electrons. The van der Waals surface area contributed by atoms with Crippen LogP contribution in [0.2, 0.25) is 0 Å². The van der Waals surface area contributed by atoms with Crippen molar-refractivity contribution in [3.8, 4) is 0 Å². The molecule has 21 heavy (non-hydrogen) atoms. The van der Waals surface area contributed by atoms with Crippen molar-refractivity contribution < 1.29 is 19.5 Å². The van der Waals surface area contributed by atoms with Crippen molar-refractivity contribution in [2.45, 2.75) is 25.6 Å². The normalized spacial score (nSPS) is 11.5. The van der Waals surface area contributed by atoms with Crippen molar-refractivity contribution in [1.82, 2.24) is 5.32 Å². The van der Waals surface area contributed by atoms with Crippen LogP contribution in [0.25, 0.3) is 0 Å². The van der Waals surface area contributed by atoms with Crippen LogP contribution in [0.1, 0.15) is 19.4 Å². The van der Waals surface area contributed by atoms with Gasteiger partial charge in [0.25, 0.3) is 0 Å². The first-order chi connectivity index (χ1) is 9.88. The van der Waals surface area contributed by atoms with Crippen LogP contribution in [0.15, 0.2) is 24.3 Å². The average Bonchev–Trinajstić information content (AvgIpc) is 2.37. The Bertz CT molecular complexity index is 533. The van der Waals surface area contributed by atoms with E-state index in [1.165, 1.54) is 18.7 Å². The van der Waals surface area contributed by atoms with Gasteiger partial charge < -0.3 is 15.7 Å². The quantitative estimate of drug-likeness (QED) is 0.709. The maximum Gasteiger partial charge on any atom is 0.313 e. The molecular weight excluding hydrogens is 292 g/mol. The van der Waals surface area contributed by atoms with Gasteiger partial charge in [0, 0.05) is 18.4 Å². The van der Waals surface area contributed by atoms with Crippen molar-refractivity contribution in [3.05, 3.63) is 29.8 Å². The summed E-state index contributed by atoms with van der Waals surface area (Å²) >= 11 is 1.29. The highest BCUT2D eigenvalue weighted by atomic mass is 32.2. The Kier molecular flexibility index (Phi) is 6.74. The summed E-state index contributed by atoms with van der Waals surface area (Å²) < 4.78 is 0. The van der Waals surface area contributed by atoms with Crippen molar-refractivity contribution in [2.75, 3.05) is 11.1 Å². The van der Waals surface area contributed by atoms with Crippen LogP contribution in [-0.4, -0.2) is 34.7 Å². The fourth-order valence-electron chi connectivity index (χ4n) is 1.62. The van der Waals surface area contributed by atoms with E-state index in [1.54, 1.807) is 25.1 Å². The zero-order valence-electron chi connectivity index (χ0n) is 11.9. The summed E-state index contributed by atoms with van der Waals surface area (Å²) in [6.07, 6.45) is 0. The van der Waals surface area contributed by atoms with Crippen LogP contribution in [0.5, 0.6) is 0 Å². The molecule has 0 bridgehead atoms. The molecule has 1 unspecified atom stereocenters. The van der Waals surface area contributed by atoms with Crippen LogP contribution < -0.4 is 10.6 Å². The maximum atomic E-state index is 11.9. The SMILES string of the molecule is CC(=O)NC(C)C(=O)Nc1cccc(CSCC(=O)O)c1. The third kappa shape index (κ3) is 6.80. The van der Waals surface area contributed by atoms with Crippen molar-refractivity contribution >= 4 is 35.2 Å². The van der Waals surface area contributed by atoms with E-state index >= 15 is 0 Å². The molecule has 6 nitrogen and oxygen atoms in total. The molecule has 1 atom stereocenters. The molecule has 0 aromatic heterocycles. The highest BCUT2D eigenvalue weighted by Gasteiger charge is 2.13. The highest BCUT2D eigenvalue weighted by molar-refractivity contribution is 7.99. The first kappa shape index (κ1) is 17.0. The number of hydrogen-bond acceptors (Lipinski definition) is 4. The summed E-state index contributed by atoms with van der Waals surface area (Å²) in [6.45, 7) is 2.95. The van der Waals surface area contributed by atoms with E-state index in [2.05, 4.69) is 10.6 Å². The first-order valence-corrected chi connectivity index (χ1v) is 7.50. The molecule has 0 heterocycles. The molecule has 1 rings (SSSR count). The number of carboxylic acids is 1. The summed E-state index contributed by atoms with van der Waals surface area (Å²) in [5.74, 6) is -0.835. The Hall–Kier alpha value is -2.02. The Morgan fingerprint density at radius 3 is 2.67 bits per heavy atom. The van der Waals surface area contributed by atoms with E-state index in [-0.39, 0.29) is 17.6 Å². The van der Waals surface area contributed by atoms with Gasteiger partial charge in [-0.3, -0.25) is 14.4 Å². The predicted molar refractivity (Wildman–Crippen MR) is 82.1 cm³/mol. The number of carbonyl (C=O) groups excluding carboxylic acids is 2.